The predicted molar refractivity (Wildman–Crippen MR) is 114 cm³/mol. The van der Waals surface area contributed by atoms with E-state index < -0.39 is 11.7 Å². The summed E-state index contributed by atoms with van der Waals surface area (Å²) in [4.78, 5) is 28.2. The molecule has 2 amide bonds. The van der Waals surface area contributed by atoms with E-state index >= 15 is 0 Å². The summed E-state index contributed by atoms with van der Waals surface area (Å²) in [5.41, 5.74) is 1.33. The Bertz CT molecular complexity index is 821. The first kappa shape index (κ1) is 22.5. The molecule has 2 aromatic rings. The van der Waals surface area contributed by atoms with Crippen molar-refractivity contribution in [1.29, 1.82) is 0 Å². The standard InChI is InChI=1S/C22H32N4O3/c1-16(2)20-23-12-13-26(20)15-17-8-6-9-18(14-17)25-19(27)10-7-11-24-21(28)29-22(3,4)5/h6,8-9,12-14,16H,7,10-11,15H2,1-5H3,(H,24,28)(H,25,27). The number of carbonyl (C=O) groups is 2. The Kier molecular flexibility index (Phi) is 7.82. The quantitative estimate of drug-likeness (QED) is 0.647. The molecular formula is C22H32N4O3. The number of benzene rings is 1. The van der Waals surface area contributed by atoms with E-state index in [4.69, 9.17) is 4.74 Å². The van der Waals surface area contributed by atoms with Gasteiger partial charge in [0, 0.05) is 43.5 Å². The van der Waals surface area contributed by atoms with Gasteiger partial charge in [-0.25, -0.2) is 9.78 Å². The maximum absolute atomic E-state index is 12.2. The molecule has 0 saturated heterocycles. The fourth-order valence-corrected chi connectivity index (χ4v) is 2.88. The molecule has 0 saturated carbocycles. The number of ether oxygens (including phenoxy) is 1. The second-order valence-electron chi connectivity index (χ2n) is 8.35. The van der Waals surface area contributed by atoms with E-state index in [0.717, 1.165) is 17.1 Å². The molecule has 0 unspecified atom stereocenters. The maximum Gasteiger partial charge on any atom is 0.407 e. The van der Waals surface area contributed by atoms with Crippen LogP contribution in [0.4, 0.5) is 10.5 Å². The van der Waals surface area contributed by atoms with Crippen LogP contribution in [0.5, 0.6) is 0 Å². The van der Waals surface area contributed by atoms with Crippen LogP contribution in [-0.4, -0.2) is 33.7 Å². The number of aromatic nitrogens is 2. The van der Waals surface area contributed by atoms with Gasteiger partial charge in [0.15, 0.2) is 0 Å². The molecule has 7 heteroatoms. The average Bonchev–Trinajstić information content (AvgIpc) is 3.06. The SMILES string of the molecule is CC(C)c1nccn1Cc1cccc(NC(=O)CCCNC(=O)OC(C)(C)C)c1. The average molecular weight is 401 g/mol. The van der Waals surface area contributed by atoms with Crippen molar-refractivity contribution in [2.75, 3.05) is 11.9 Å². The lowest BCUT2D eigenvalue weighted by atomic mass is 10.1. The lowest BCUT2D eigenvalue weighted by Gasteiger charge is -2.19. The molecule has 0 spiro atoms. The third-order valence-corrected chi connectivity index (χ3v) is 4.08. The Morgan fingerprint density at radius 2 is 2.00 bits per heavy atom. The molecule has 1 aromatic heterocycles. The molecule has 0 radical (unpaired) electrons. The van der Waals surface area contributed by atoms with Crippen molar-refractivity contribution in [3.05, 3.63) is 48.0 Å². The third-order valence-electron chi connectivity index (χ3n) is 4.08. The highest BCUT2D eigenvalue weighted by molar-refractivity contribution is 5.90. The summed E-state index contributed by atoms with van der Waals surface area (Å²) >= 11 is 0. The predicted octanol–water partition coefficient (Wildman–Crippen LogP) is 4.30. The molecule has 1 aromatic carbocycles. The Labute approximate surface area is 172 Å². The first-order valence-electron chi connectivity index (χ1n) is 10.0. The number of imidazole rings is 1. The smallest absolute Gasteiger partial charge is 0.407 e. The minimum atomic E-state index is -0.529. The molecule has 29 heavy (non-hydrogen) atoms. The lowest BCUT2D eigenvalue weighted by Crippen LogP contribution is -2.33. The number of anilines is 1. The highest BCUT2D eigenvalue weighted by Gasteiger charge is 2.15. The van der Waals surface area contributed by atoms with Gasteiger partial charge in [-0.2, -0.15) is 0 Å². The summed E-state index contributed by atoms with van der Waals surface area (Å²) in [5, 5.41) is 5.57. The van der Waals surface area contributed by atoms with Crippen LogP contribution in [0.15, 0.2) is 36.7 Å². The van der Waals surface area contributed by atoms with Crippen LogP contribution in [0.2, 0.25) is 0 Å². The second kappa shape index (κ2) is 10.1. The zero-order valence-corrected chi connectivity index (χ0v) is 18.0. The van der Waals surface area contributed by atoms with E-state index in [1.807, 2.05) is 57.4 Å². The molecule has 2 rings (SSSR count). The van der Waals surface area contributed by atoms with Crippen LogP contribution < -0.4 is 10.6 Å². The van der Waals surface area contributed by atoms with Gasteiger partial charge in [0.1, 0.15) is 11.4 Å². The lowest BCUT2D eigenvalue weighted by molar-refractivity contribution is -0.116. The Morgan fingerprint density at radius 3 is 2.69 bits per heavy atom. The van der Waals surface area contributed by atoms with Crippen LogP contribution in [0, 0.1) is 0 Å². The van der Waals surface area contributed by atoms with Gasteiger partial charge in [0.25, 0.3) is 0 Å². The van der Waals surface area contributed by atoms with Gasteiger partial charge in [-0.15, -0.1) is 0 Å². The summed E-state index contributed by atoms with van der Waals surface area (Å²) in [6.45, 7) is 10.8. The maximum atomic E-state index is 12.2. The minimum absolute atomic E-state index is 0.0846. The summed E-state index contributed by atoms with van der Waals surface area (Å²) in [6, 6.07) is 7.81. The zero-order valence-electron chi connectivity index (χ0n) is 18.0. The summed E-state index contributed by atoms with van der Waals surface area (Å²) in [5.74, 6) is 1.30. The number of nitrogens with zero attached hydrogens (tertiary/aromatic N) is 2. The monoisotopic (exact) mass is 400 g/mol. The number of hydrogen-bond donors (Lipinski definition) is 2. The molecule has 0 atom stereocenters. The number of carbonyl (C=O) groups excluding carboxylic acids is 2. The summed E-state index contributed by atoms with van der Waals surface area (Å²) in [7, 11) is 0. The Hall–Kier alpha value is -2.83. The van der Waals surface area contributed by atoms with Gasteiger partial charge in [-0.05, 0) is 44.9 Å². The molecular weight excluding hydrogens is 368 g/mol. The Morgan fingerprint density at radius 1 is 1.24 bits per heavy atom. The molecule has 0 aliphatic heterocycles. The zero-order chi connectivity index (χ0) is 21.4. The van der Waals surface area contributed by atoms with Gasteiger partial charge in [-0.3, -0.25) is 4.79 Å². The van der Waals surface area contributed by atoms with Crippen molar-refractivity contribution in [2.45, 2.75) is 65.5 Å². The van der Waals surface area contributed by atoms with Gasteiger partial charge in [0.05, 0.1) is 0 Å². The molecule has 0 aliphatic carbocycles. The van der Waals surface area contributed by atoms with Crippen molar-refractivity contribution >= 4 is 17.7 Å². The number of rotatable bonds is 8. The van der Waals surface area contributed by atoms with Crippen molar-refractivity contribution < 1.29 is 14.3 Å². The normalized spacial score (nSPS) is 11.4. The highest BCUT2D eigenvalue weighted by atomic mass is 16.6. The van der Waals surface area contributed by atoms with E-state index in [1.165, 1.54) is 0 Å². The van der Waals surface area contributed by atoms with Crippen LogP contribution in [0.3, 0.4) is 0 Å². The topological polar surface area (TPSA) is 85.3 Å². The molecule has 7 nitrogen and oxygen atoms in total. The van der Waals surface area contributed by atoms with Crippen LogP contribution in [0.25, 0.3) is 0 Å². The number of nitrogens with one attached hydrogen (secondary N) is 2. The first-order chi connectivity index (χ1) is 13.6. The van der Waals surface area contributed by atoms with E-state index in [0.29, 0.717) is 31.8 Å². The van der Waals surface area contributed by atoms with E-state index in [-0.39, 0.29) is 5.91 Å². The summed E-state index contributed by atoms with van der Waals surface area (Å²) in [6.07, 6.45) is 4.17. The molecule has 0 fully saturated rings. The highest BCUT2D eigenvalue weighted by Crippen LogP contribution is 2.16. The molecule has 1 heterocycles. The summed E-state index contributed by atoms with van der Waals surface area (Å²) < 4.78 is 7.28. The van der Waals surface area contributed by atoms with Crippen LogP contribution in [0.1, 0.15) is 64.8 Å². The minimum Gasteiger partial charge on any atom is -0.444 e. The molecule has 2 N–H and O–H groups in total. The van der Waals surface area contributed by atoms with Gasteiger partial charge >= 0.3 is 6.09 Å². The largest absolute Gasteiger partial charge is 0.444 e. The van der Waals surface area contributed by atoms with E-state index in [1.54, 1.807) is 0 Å². The van der Waals surface area contributed by atoms with Gasteiger partial charge in [-0.1, -0.05) is 26.0 Å². The number of hydrogen-bond acceptors (Lipinski definition) is 4. The van der Waals surface area contributed by atoms with E-state index in [2.05, 4.69) is 34.0 Å². The number of amides is 2. The van der Waals surface area contributed by atoms with Crippen molar-refractivity contribution in [3.8, 4) is 0 Å². The first-order valence-corrected chi connectivity index (χ1v) is 10.0. The molecule has 0 aliphatic rings. The third kappa shape index (κ3) is 7.97. The van der Waals surface area contributed by atoms with Gasteiger partial charge < -0.3 is 19.9 Å². The molecule has 158 valence electrons. The van der Waals surface area contributed by atoms with Crippen molar-refractivity contribution in [2.24, 2.45) is 0 Å². The van der Waals surface area contributed by atoms with Crippen molar-refractivity contribution in [1.82, 2.24) is 14.9 Å². The van der Waals surface area contributed by atoms with E-state index in [9.17, 15) is 9.59 Å². The molecule has 0 bridgehead atoms. The van der Waals surface area contributed by atoms with Crippen molar-refractivity contribution in [3.63, 3.8) is 0 Å². The Balaban J connectivity index is 1.80. The van der Waals surface area contributed by atoms with Crippen LogP contribution >= 0.6 is 0 Å². The number of alkyl carbamates (subject to hydrolysis) is 1. The van der Waals surface area contributed by atoms with Crippen LogP contribution in [-0.2, 0) is 16.1 Å². The van der Waals surface area contributed by atoms with Gasteiger partial charge in [0.2, 0.25) is 5.91 Å². The second-order valence-corrected chi connectivity index (χ2v) is 8.35. The fourth-order valence-electron chi connectivity index (χ4n) is 2.88. The fraction of sp³-hybridized carbons (Fsp3) is 0.500.